The fourth-order valence-electron chi connectivity index (χ4n) is 3.73. The van der Waals surface area contributed by atoms with Crippen molar-refractivity contribution in [2.24, 2.45) is 5.92 Å². The number of likely N-dealkylation sites (tertiary alicyclic amines) is 1. The third-order valence-electron chi connectivity index (χ3n) is 5.58. The van der Waals surface area contributed by atoms with Gasteiger partial charge in [-0.3, -0.25) is 14.5 Å². The summed E-state index contributed by atoms with van der Waals surface area (Å²) in [7, 11) is 0. The molecular formula is C21H27N5O2S. The van der Waals surface area contributed by atoms with E-state index >= 15 is 0 Å². The zero-order valence-corrected chi connectivity index (χ0v) is 18.0. The predicted octanol–water partition coefficient (Wildman–Crippen LogP) is 3.12. The second-order valence-electron chi connectivity index (χ2n) is 7.82. The molecule has 8 heteroatoms. The maximum atomic E-state index is 12.4. The molecule has 0 aliphatic carbocycles. The largest absolute Gasteiger partial charge is 0.325 e. The summed E-state index contributed by atoms with van der Waals surface area (Å²) >= 11 is 1.44. The molecule has 0 atom stereocenters. The summed E-state index contributed by atoms with van der Waals surface area (Å²) in [6, 6.07) is 1.94. The first-order chi connectivity index (χ1) is 13.9. The molecular weight excluding hydrogens is 386 g/mol. The molecule has 1 amide bonds. The monoisotopic (exact) mass is 413 g/mol. The second-order valence-corrected chi connectivity index (χ2v) is 8.68. The quantitative estimate of drug-likeness (QED) is 0.757. The van der Waals surface area contributed by atoms with Gasteiger partial charge in [0, 0.05) is 24.0 Å². The molecule has 1 saturated heterocycles. The number of aromatic nitrogens is 2. The van der Waals surface area contributed by atoms with Gasteiger partial charge < -0.3 is 10.3 Å². The third kappa shape index (κ3) is 5.31. The standard InChI is InChI=1S/C21H27N5O2S/c1-13-6-8-26(9-7-13)11-16-12-29-21(24-16)25-19(27)5-4-17-14(2)18(10-22)20(28)23-15(17)3/h12-13H,4-9,11H2,1-3H3,(H,23,28)(H,24,25,27). The number of carbonyl (C=O) groups is 1. The van der Waals surface area contributed by atoms with Crippen molar-refractivity contribution in [3.05, 3.63) is 43.8 Å². The van der Waals surface area contributed by atoms with Gasteiger partial charge in [0.25, 0.3) is 5.56 Å². The zero-order valence-electron chi connectivity index (χ0n) is 17.2. The lowest BCUT2D eigenvalue weighted by atomic mass is 9.99. The number of aryl methyl sites for hydroxylation is 1. The molecule has 2 aromatic heterocycles. The summed E-state index contributed by atoms with van der Waals surface area (Å²) in [4.78, 5) is 33.8. The summed E-state index contributed by atoms with van der Waals surface area (Å²) in [5, 5.41) is 14.6. The Labute approximate surface area is 174 Å². The Morgan fingerprint density at radius 2 is 2.14 bits per heavy atom. The highest BCUT2D eigenvalue weighted by molar-refractivity contribution is 7.13. The number of H-pyrrole nitrogens is 1. The zero-order chi connectivity index (χ0) is 21.0. The first kappa shape index (κ1) is 21.2. The summed E-state index contributed by atoms with van der Waals surface area (Å²) in [5.41, 5.74) is 2.92. The summed E-state index contributed by atoms with van der Waals surface area (Å²) < 4.78 is 0. The van der Waals surface area contributed by atoms with Gasteiger partial charge in [0.15, 0.2) is 5.13 Å². The molecule has 1 fully saturated rings. The van der Waals surface area contributed by atoms with E-state index in [2.05, 4.69) is 27.1 Å². The predicted molar refractivity (Wildman–Crippen MR) is 114 cm³/mol. The molecule has 0 unspecified atom stereocenters. The fraction of sp³-hybridized carbons (Fsp3) is 0.524. The van der Waals surface area contributed by atoms with E-state index in [1.54, 1.807) is 13.8 Å². The van der Waals surface area contributed by atoms with Gasteiger partial charge in [-0.05, 0) is 63.2 Å². The maximum absolute atomic E-state index is 12.4. The Kier molecular flexibility index (Phi) is 6.83. The van der Waals surface area contributed by atoms with Crippen LogP contribution in [-0.4, -0.2) is 33.9 Å². The van der Waals surface area contributed by atoms with E-state index in [1.165, 1.54) is 24.2 Å². The number of pyridine rings is 1. The number of rotatable bonds is 6. The number of carbonyl (C=O) groups excluding carboxylic acids is 1. The lowest BCUT2D eigenvalue weighted by Gasteiger charge is -2.29. The molecule has 2 aromatic rings. The topological polar surface area (TPSA) is 102 Å². The molecule has 154 valence electrons. The minimum atomic E-state index is -0.380. The van der Waals surface area contributed by atoms with Gasteiger partial charge in [0.2, 0.25) is 5.91 Å². The number of nitrogens with zero attached hydrogens (tertiary/aromatic N) is 3. The van der Waals surface area contributed by atoms with Crippen LogP contribution in [0.4, 0.5) is 5.13 Å². The van der Waals surface area contributed by atoms with Crippen LogP contribution in [0.1, 0.15) is 54.3 Å². The van der Waals surface area contributed by atoms with Crippen LogP contribution in [0.3, 0.4) is 0 Å². The van der Waals surface area contributed by atoms with Gasteiger partial charge in [-0.15, -0.1) is 11.3 Å². The van der Waals surface area contributed by atoms with E-state index in [0.29, 0.717) is 22.8 Å². The van der Waals surface area contributed by atoms with Crippen molar-refractivity contribution in [2.75, 3.05) is 18.4 Å². The number of thiazole rings is 1. The van der Waals surface area contributed by atoms with Gasteiger partial charge in [-0.2, -0.15) is 5.26 Å². The number of amides is 1. The molecule has 0 radical (unpaired) electrons. The normalized spacial score (nSPS) is 15.2. The van der Waals surface area contributed by atoms with E-state index < -0.39 is 0 Å². The average molecular weight is 414 g/mol. The maximum Gasteiger partial charge on any atom is 0.266 e. The average Bonchev–Trinajstić information content (AvgIpc) is 3.10. The van der Waals surface area contributed by atoms with Crippen molar-refractivity contribution < 1.29 is 4.79 Å². The molecule has 3 heterocycles. The summed E-state index contributed by atoms with van der Waals surface area (Å²) in [6.07, 6.45) is 3.17. The Morgan fingerprint density at radius 1 is 1.41 bits per heavy atom. The first-order valence-corrected chi connectivity index (χ1v) is 10.8. The van der Waals surface area contributed by atoms with Gasteiger partial charge in [0.05, 0.1) is 5.69 Å². The molecule has 1 aliphatic heterocycles. The van der Waals surface area contributed by atoms with E-state index in [-0.39, 0.29) is 23.5 Å². The van der Waals surface area contributed by atoms with E-state index in [1.807, 2.05) is 11.4 Å². The number of hydrogen-bond acceptors (Lipinski definition) is 6. The Morgan fingerprint density at radius 3 is 2.83 bits per heavy atom. The van der Waals surface area contributed by atoms with Crippen LogP contribution < -0.4 is 10.9 Å². The summed E-state index contributed by atoms with van der Waals surface area (Å²) in [5.74, 6) is 0.677. The van der Waals surface area contributed by atoms with Crippen LogP contribution in [0.25, 0.3) is 0 Å². The molecule has 0 bridgehead atoms. The van der Waals surface area contributed by atoms with E-state index in [9.17, 15) is 9.59 Å². The number of anilines is 1. The van der Waals surface area contributed by atoms with Crippen molar-refractivity contribution >= 4 is 22.4 Å². The lowest BCUT2D eigenvalue weighted by Crippen LogP contribution is -2.32. The molecule has 29 heavy (non-hydrogen) atoms. The summed E-state index contributed by atoms with van der Waals surface area (Å²) in [6.45, 7) is 8.86. The smallest absolute Gasteiger partial charge is 0.266 e. The number of nitriles is 1. The molecule has 0 saturated carbocycles. The van der Waals surface area contributed by atoms with Crippen molar-refractivity contribution in [3.63, 3.8) is 0 Å². The van der Waals surface area contributed by atoms with Crippen LogP contribution in [0.2, 0.25) is 0 Å². The van der Waals surface area contributed by atoms with Crippen molar-refractivity contribution in [1.82, 2.24) is 14.9 Å². The van der Waals surface area contributed by atoms with Crippen LogP contribution >= 0.6 is 11.3 Å². The highest BCUT2D eigenvalue weighted by Gasteiger charge is 2.17. The van der Waals surface area contributed by atoms with E-state index in [0.717, 1.165) is 36.8 Å². The second kappa shape index (κ2) is 9.33. The highest BCUT2D eigenvalue weighted by Crippen LogP contribution is 2.21. The molecule has 0 spiro atoms. The molecule has 7 nitrogen and oxygen atoms in total. The van der Waals surface area contributed by atoms with Crippen molar-refractivity contribution in [1.29, 1.82) is 5.26 Å². The SMILES string of the molecule is Cc1[nH]c(=O)c(C#N)c(C)c1CCC(=O)Nc1nc(CN2CCC(C)CC2)cs1. The Bertz CT molecular complexity index is 980. The van der Waals surface area contributed by atoms with Crippen molar-refractivity contribution in [2.45, 2.75) is 53.0 Å². The fourth-order valence-corrected chi connectivity index (χ4v) is 4.44. The van der Waals surface area contributed by atoms with Crippen LogP contribution in [0, 0.1) is 31.1 Å². The van der Waals surface area contributed by atoms with Crippen LogP contribution in [0.15, 0.2) is 10.2 Å². The number of piperidine rings is 1. The van der Waals surface area contributed by atoms with Gasteiger partial charge >= 0.3 is 0 Å². The van der Waals surface area contributed by atoms with Crippen LogP contribution in [-0.2, 0) is 17.8 Å². The van der Waals surface area contributed by atoms with Gasteiger partial charge in [0.1, 0.15) is 11.6 Å². The minimum absolute atomic E-state index is 0.114. The Balaban J connectivity index is 1.55. The number of nitrogens with one attached hydrogen (secondary N) is 2. The van der Waals surface area contributed by atoms with Crippen molar-refractivity contribution in [3.8, 4) is 6.07 Å². The third-order valence-corrected chi connectivity index (χ3v) is 6.39. The lowest BCUT2D eigenvalue weighted by molar-refractivity contribution is -0.116. The molecule has 3 rings (SSSR count). The molecule has 2 N–H and O–H groups in total. The Hall–Kier alpha value is -2.50. The van der Waals surface area contributed by atoms with Crippen LogP contribution in [0.5, 0.6) is 0 Å². The molecule has 1 aliphatic rings. The first-order valence-electron chi connectivity index (χ1n) is 9.96. The number of aromatic amines is 1. The number of hydrogen-bond donors (Lipinski definition) is 2. The van der Waals surface area contributed by atoms with E-state index in [4.69, 9.17) is 5.26 Å². The minimum Gasteiger partial charge on any atom is -0.325 e. The van der Waals surface area contributed by atoms with Gasteiger partial charge in [-0.1, -0.05) is 6.92 Å². The highest BCUT2D eigenvalue weighted by atomic mass is 32.1. The van der Waals surface area contributed by atoms with Gasteiger partial charge in [-0.25, -0.2) is 4.98 Å². The molecule has 0 aromatic carbocycles.